The lowest BCUT2D eigenvalue weighted by Gasteiger charge is -2.41. The molecule has 24 heavy (non-hydrogen) atoms. The Balaban J connectivity index is 2.26. The van der Waals surface area contributed by atoms with Crippen LogP contribution in [0.5, 0.6) is 0 Å². The highest BCUT2D eigenvalue weighted by atomic mass is 16.2. The average molecular weight is 334 g/mol. The number of hydrogen-bond donors (Lipinski definition) is 1. The highest BCUT2D eigenvalue weighted by Gasteiger charge is 2.48. The Morgan fingerprint density at radius 2 is 1.96 bits per heavy atom. The van der Waals surface area contributed by atoms with E-state index in [1.807, 2.05) is 13.8 Å². The molecule has 1 N–H and O–H groups in total. The minimum atomic E-state index is -0.512. The zero-order chi connectivity index (χ0) is 18.0. The molecule has 1 aliphatic heterocycles. The number of urea groups is 1. The van der Waals surface area contributed by atoms with E-state index in [9.17, 15) is 14.4 Å². The second-order valence-corrected chi connectivity index (χ2v) is 8.05. The minimum Gasteiger partial charge on any atom is -0.304 e. The lowest BCUT2D eigenvalue weighted by Crippen LogP contribution is -2.48. The summed E-state index contributed by atoms with van der Waals surface area (Å²) in [5, 5.41) is 2.42. The van der Waals surface area contributed by atoms with Crippen LogP contribution < -0.4 is 5.32 Å². The molecule has 5 heteroatoms. The van der Waals surface area contributed by atoms with E-state index in [1.165, 1.54) is 17.4 Å². The molecule has 134 valence electrons. The van der Waals surface area contributed by atoms with E-state index in [0.29, 0.717) is 17.8 Å². The molecule has 1 saturated heterocycles. The Hall–Kier alpha value is -1.65. The molecule has 3 amide bonds. The smallest absolute Gasteiger partial charge is 0.304 e. The van der Waals surface area contributed by atoms with E-state index in [-0.39, 0.29) is 24.2 Å². The van der Waals surface area contributed by atoms with E-state index >= 15 is 0 Å². The molecule has 1 aliphatic carbocycles. The third-order valence-corrected chi connectivity index (χ3v) is 5.35. The first-order valence-corrected chi connectivity index (χ1v) is 9.00. The van der Waals surface area contributed by atoms with Gasteiger partial charge in [0.1, 0.15) is 6.04 Å². The largest absolute Gasteiger partial charge is 0.325 e. The molecule has 1 heterocycles. The van der Waals surface area contributed by atoms with Crippen molar-refractivity contribution >= 4 is 17.7 Å². The lowest BCUT2D eigenvalue weighted by atomic mass is 9.67. The molecule has 5 nitrogen and oxygen atoms in total. The maximum absolute atomic E-state index is 12.5. The van der Waals surface area contributed by atoms with Crippen LogP contribution in [0, 0.1) is 23.7 Å². The molecule has 0 aromatic carbocycles. The van der Waals surface area contributed by atoms with Crippen molar-refractivity contribution < 1.29 is 14.4 Å². The van der Waals surface area contributed by atoms with Gasteiger partial charge in [0.05, 0.1) is 6.54 Å². The summed E-state index contributed by atoms with van der Waals surface area (Å²) < 4.78 is 0. The van der Waals surface area contributed by atoms with E-state index in [4.69, 9.17) is 0 Å². The summed E-state index contributed by atoms with van der Waals surface area (Å²) in [5.41, 5.74) is 0.897. The highest BCUT2D eigenvalue weighted by Crippen LogP contribution is 2.42. The second kappa shape index (κ2) is 7.49. The summed E-state index contributed by atoms with van der Waals surface area (Å²) in [6.07, 6.45) is 4.72. The lowest BCUT2D eigenvalue weighted by molar-refractivity contribution is -0.125. The van der Waals surface area contributed by atoms with Crippen LogP contribution in [0.3, 0.4) is 0 Å². The predicted molar refractivity (Wildman–Crippen MR) is 93.3 cm³/mol. The number of nitrogens with one attached hydrogen (secondary N) is 1. The quantitative estimate of drug-likeness (QED) is 0.620. The Labute approximate surface area is 144 Å². The number of rotatable bonds is 5. The van der Waals surface area contributed by atoms with Crippen molar-refractivity contribution in [3.8, 4) is 0 Å². The molecule has 4 atom stereocenters. The Morgan fingerprint density at radius 3 is 2.54 bits per heavy atom. The third kappa shape index (κ3) is 4.05. The molecule has 3 unspecified atom stereocenters. The molecule has 0 aromatic heterocycles. The van der Waals surface area contributed by atoms with Crippen molar-refractivity contribution in [2.75, 3.05) is 6.54 Å². The van der Waals surface area contributed by atoms with Crippen LogP contribution in [0.1, 0.15) is 53.9 Å². The van der Waals surface area contributed by atoms with Crippen molar-refractivity contribution in [1.29, 1.82) is 0 Å². The SMILES string of the molecule is CC(C)=CC(=O)CN1C(=O)NC(=O)C1C1C[C@H](C)CCC1C(C)C. The van der Waals surface area contributed by atoms with Crippen LogP contribution in [-0.4, -0.2) is 35.2 Å². The molecule has 1 saturated carbocycles. The van der Waals surface area contributed by atoms with Gasteiger partial charge in [-0.3, -0.25) is 14.9 Å². The summed E-state index contributed by atoms with van der Waals surface area (Å²) in [6.45, 7) is 10.2. The molecular formula is C19H30N2O3. The Morgan fingerprint density at radius 1 is 1.29 bits per heavy atom. The maximum atomic E-state index is 12.5. The van der Waals surface area contributed by atoms with Crippen LogP contribution in [0.2, 0.25) is 0 Å². The first kappa shape index (κ1) is 18.7. The highest BCUT2D eigenvalue weighted by molar-refractivity contribution is 6.06. The van der Waals surface area contributed by atoms with Crippen molar-refractivity contribution in [1.82, 2.24) is 10.2 Å². The summed E-state index contributed by atoms with van der Waals surface area (Å²) in [7, 11) is 0. The van der Waals surface area contributed by atoms with Gasteiger partial charge in [-0.15, -0.1) is 0 Å². The number of imide groups is 1. The topological polar surface area (TPSA) is 66.5 Å². The summed E-state index contributed by atoms with van der Waals surface area (Å²) in [4.78, 5) is 38.3. The summed E-state index contributed by atoms with van der Waals surface area (Å²) >= 11 is 0. The number of carbonyl (C=O) groups is 3. The van der Waals surface area contributed by atoms with Crippen molar-refractivity contribution in [2.45, 2.75) is 59.9 Å². The van der Waals surface area contributed by atoms with Gasteiger partial charge in [-0.2, -0.15) is 0 Å². The fraction of sp³-hybridized carbons (Fsp3) is 0.737. The van der Waals surface area contributed by atoms with Crippen LogP contribution in [0.25, 0.3) is 0 Å². The number of allylic oxidation sites excluding steroid dienone is 1. The molecule has 2 rings (SSSR count). The van der Waals surface area contributed by atoms with Gasteiger partial charge in [-0.05, 0) is 56.4 Å². The normalized spacial score (nSPS) is 30.5. The van der Waals surface area contributed by atoms with Gasteiger partial charge in [0.2, 0.25) is 0 Å². The van der Waals surface area contributed by atoms with Gasteiger partial charge in [0.15, 0.2) is 5.78 Å². The molecular weight excluding hydrogens is 304 g/mol. The van der Waals surface area contributed by atoms with E-state index in [1.54, 1.807) is 0 Å². The summed E-state index contributed by atoms with van der Waals surface area (Å²) in [5.74, 6) is 1.17. The molecule has 0 radical (unpaired) electrons. The molecule has 2 fully saturated rings. The zero-order valence-electron chi connectivity index (χ0n) is 15.5. The standard InChI is InChI=1S/C19H30N2O3/c1-11(2)8-14(22)10-21-17(18(23)20-19(21)24)16-9-13(5)6-7-15(16)12(3)4/h8,12-13,15-17H,6-7,9-10H2,1-5H3,(H,20,23,24)/t13-,15?,16?,17?/m1/s1. The summed E-state index contributed by atoms with van der Waals surface area (Å²) in [6, 6.07) is -0.941. The average Bonchev–Trinajstić information content (AvgIpc) is 2.71. The number of amides is 3. The fourth-order valence-corrected chi connectivity index (χ4v) is 4.29. The number of hydrogen-bond acceptors (Lipinski definition) is 3. The van der Waals surface area contributed by atoms with Crippen molar-refractivity contribution in [3.05, 3.63) is 11.6 Å². The van der Waals surface area contributed by atoms with Gasteiger partial charge >= 0.3 is 6.03 Å². The van der Waals surface area contributed by atoms with Crippen LogP contribution in [0.15, 0.2) is 11.6 Å². The van der Waals surface area contributed by atoms with Gasteiger partial charge in [0.25, 0.3) is 5.91 Å². The van der Waals surface area contributed by atoms with Gasteiger partial charge < -0.3 is 4.90 Å². The monoisotopic (exact) mass is 334 g/mol. The van der Waals surface area contributed by atoms with Gasteiger partial charge in [0, 0.05) is 0 Å². The van der Waals surface area contributed by atoms with Crippen molar-refractivity contribution in [3.63, 3.8) is 0 Å². The molecule has 2 aliphatic rings. The first-order valence-electron chi connectivity index (χ1n) is 9.00. The van der Waals surface area contributed by atoms with Gasteiger partial charge in [-0.1, -0.05) is 32.8 Å². The van der Waals surface area contributed by atoms with Crippen LogP contribution in [0.4, 0.5) is 4.79 Å². The fourth-order valence-electron chi connectivity index (χ4n) is 4.29. The minimum absolute atomic E-state index is 0.0247. The van der Waals surface area contributed by atoms with Gasteiger partial charge in [-0.25, -0.2) is 4.79 Å². The number of carbonyl (C=O) groups excluding carboxylic acids is 3. The van der Waals surface area contributed by atoms with E-state index in [0.717, 1.165) is 18.4 Å². The number of ketones is 1. The molecule has 0 bridgehead atoms. The predicted octanol–water partition coefficient (Wildman–Crippen LogP) is 3.15. The maximum Gasteiger partial charge on any atom is 0.325 e. The van der Waals surface area contributed by atoms with Crippen LogP contribution in [-0.2, 0) is 9.59 Å². The molecule has 0 spiro atoms. The zero-order valence-corrected chi connectivity index (χ0v) is 15.5. The van der Waals surface area contributed by atoms with E-state index < -0.39 is 12.1 Å². The second-order valence-electron chi connectivity index (χ2n) is 8.05. The van der Waals surface area contributed by atoms with Crippen molar-refractivity contribution in [2.24, 2.45) is 23.7 Å². The molecule has 0 aromatic rings. The van der Waals surface area contributed by atoms with Crippen LogP contribution >= 0.6 is 0 Å². The van der Waals surface area contributed by atoms with E-state index in [2.05, 4.69) is 26.1 Å². The Kier molecular flexibility index (Phi) is 5.83. The third-order valence-electron chi connectivity index (χ3n) is 5.35. The Bertz CT molecular complexity index is 549. The number of nitrogens with zero attached hydrogens (tertiary/aromatic N) is 1. The first-order chi connectivity index (χ1) is 11.2.